The van der Waals surface area contributed by atoms with Crippen molar-refractivity contribution < 1.29 is 4.92 Å². The maximum absolute atomic E-state index is 10.6. The predicted octanol–water partition coefficient (Wildman–Crippen LogP) is 1.63. The second kappa shape index (κ2) is 3.93. The molecule has 0 aromatic carbocycles. The Bertz CT molecular complexity index is 528. The molecule has 0 radical (unpaired) electrons. The van der Waals surface area contributed by atoms with Gasteiger partial charge in [0.15, 0.2) is 0 Å². The minimum Gasteiger partial charge on any atom is -0.383 e. The second-order valence-corrected chi connectivity index (χ2v) is 3.12. The molecule has 16 heavy (non-hydrogen) atoms. The molecule has 2 aromatic rings. The highest BCUT2D eigenvalue weighted by Crippen LogP contribution is 2.26. The molecule has 0 spiro atoms. The van der Waals surface area contributed by atoms with E-state index in [0.29, 0.717) is 5.56 Å². The fraction of sp³-hybridized carbons (Fsp3) is 0. The molecule has 2 rings (SSSR count). The molecule has 0 atom stereocenters. The topological polar surface area (TPSA) is 94.9 Å². The van der Waals surface area contributed by atoms with Crippen LogP contribution in [-0.2, 0) is 0 Å². The Labute approximate surface area is 90.9 Å². The molecular weight excluding hydrogens is 208 g/mol. The average Bonchev–Trinajstić information content (AvgIpc) is 2.30. The summed E-state index contributed by atoms with van der Waals surface area (Å²) in [5, 5.41) is 10.6. The molecular formula is C10H8N4O2. The van der Waals surface area contributed by atoms with E-state index in [1.165, 1.54) is 6.07 Å². The molecule has 0 aliphatic rings. The number of anilines is 1. The molecule has 0 saturated carbocycles. The Kier molecular flexibility index (Phi) is 2.47. The predicted molar refractivity (Wildman–Crippen MR) is 58.5 cm³/mol. The van der Waals surface area contributed by atoms with Crippen molar-refractivity contribution in [3.8, 4) is 11.1 Å². The fourth-order valence-electron chi connectivity index (χ4n) is 1.33. The van der Waals surface area contributed by atoms with Crippen molar-refractivity contribution in [1.82, 2.24) is 9.97 Å². The van der Waals surface area contributed by atoms with Crippen LogP contribution in [0.25, 0.3) is 11.1 Å². The van der Waals surface area contributed by atoms with Gasteiger partial charge in [0.1, 0.15) is 12.0 Å². The van der Waals surface area contributed by atoms with Gasteiger partial charge in [-0.25, -0.2) is 4.98 Å². The van der Waals surface area contributed by atoms with Crippen molar-refractivity contribution in [2.45, 2.75) is 0 Å². The van der Waals surface area contributed by atoms with Crippen molar-refractivity contribution in [3.05, 3.63) is 46.9 Å². The maximum Gasteiger partial charge on any atom is 0.288 e. The summed E-state index contributed by atoms with van der Waals surface area (Å²) in [7, 11) is 0. The van der Waals surface area contributed by atoms with Gasteiger partial charge in [-0.05, 0) is 17.7 Å². The van der Waals surface area contributed by atoms with Crippen LogP contribution < -0.4 is 5.73 Å². The first kappa shape index (κ1) is 10.0. The Balaban J connectivity index is 2.56. The highest BCUT2D eigenvalue weighted by Gasteiger charge is 2.11. The third-order valence-corrected chi connectivity index (χ3v) is 2.11. The van der Waals surface area contributed by atoms with E-state index in [2.05, 4.69) is 9.97 Å². The first-order valence-corrected chi connectivity index (χ1v) is 4.49. The van der Waals surface area contributed by atoms with Crippen molar-refractivity contribution in [2.24, 2.45) is 0 Å². The van der Waals surface area contributed by atoms with Crippen LogP contribution in [0.5, 0.6) is 0 Å². The molecule has 0 fully saturated rings. The van der Waals surface area contributed by atoms with E-state index in [0.717, 1.165) is 11.8 Å². The minimum atomic E-state index is -0.503. The van der Waals surface area contributed by atoms with Gasteiger partial charge in [-0.3, -0.25) is 15.1 Å². The van der Waals surface area contributed by atoms with Crippen LogP contribution in [0.1, 0.15) is 0 Å². The lowest BCUT2D eigenvalue weighted by atomic mass is 10.1. The maximum atomic E-state index is 10.6. The Morgan fingerprint density at radius 1 is 1.31 bits per heavy atom. The Morgan fingerprint density at radius 2 is 2.00 bits per heavy atom. The van der Waals surface area contributed by atoms with Crippen LogP contribution in [-0.4, -0.2) is 14.9 Å². The summed E-state index contributed by atoms with van der Waals surface area (Å²) in [6.45, 7) is 0. The van der Waals surface area contributed by atoms with Crippen LogP contribution in [0.4, 0.5) is 11.5 Å². The molecule has 0 unspecified atom stereocenters. The SMILES string of the molecule is Nc1ncc([N+](=O)[O-])cc1-c1ccncc1. The van der Waals surface area contributed by atoms with Crippen molar-refractivity contribution in [2.75, 3.05) is 5.73 Å². The molecule has 6 heteroatoms. The van der Waals surface area contributed by atoms with Gasteiger partial charge in [0.2, 0.25) is 0 Å². The molecule has 0 bridgehead atoms. The van der Waals surface area contributed by atoms with Crippen LogP contribution in [0.2, 0.25) is 0 Å². The summed E-state index contributed by atoms with van der Waals surface area (Å²) in [5.74, 6) is 0.261. The standard InChI is InChI=1S/C10H8N4O2/c11-10-9(7-1-3-12-4-2-7)5-8(6-13-10)14(15)16/h1-6H,(H2,11,13). The zero-order chi connectivity index (χ0) is 11.5. The zero-order valence-corrected chi connectivity index (χ0v) is 8.20. The molecule has 2 heterocycles. The lowest BCUT2D eigenvalue weighted by molar-refractivity contribution is -0.385. The van der Waals surface area contributed by atoms with Gasteiger partial charge in [0.25, 0.3) is 5.69 Å². The third-order valence-electron chi connectivity index (χ3n) is 2.11. The highest BCUT2D eigenvalue weighted by atomic mass is 16.6. The van der Waals surface area contributed by atoms with Crippen LogP contribution in [0.3, 0.4) is 0 Å². The normalized spacial score (nSPS) is 10.0. The number of hydrogen-bond acceptors (Lipinski definition) is 5. The van der Waals surface area contributed by atoms with E-state index in [-0.39, 0.29) is 11.5 Å². The van der Waals surface area contributed by atoms with Crippen molar-refractivity contribution in [3.63, 3.8) is 0 Å². The third kappa shape index (κ3) is 1.81. The molecule has 0 aliphatic heterocycles. The molecule has 80 valence electrons. The van der Waals surface area contributed by atoms with E-state index >= 15 is 0 Å². The van der Waals surface area contributed by atoms with Gasteiger partial charge in [0, 0.05) is 24.0 Å². The highest BCUT2D eigenvalue weighted by molar-refractivity contribution is 5.75. The number of pyridine rings is 2. The summed E-state index contributed by atoms with van der Waals surface area (Å²) < 4.78 is 0. The van der Waals surface area contributed by atoms with Crippen LogP contribution in [0, 0.1) is 10.1 Å². The molecule has 2 aromatic heterocycles. The smallest absolute Gasteiger partial charge is 0.288 e. The quantitative estimate of drug-likeness (QED) is 0.608. The van der Waals surface area contributed by atoms with E-state index in [1.54, 1.807) is 24.5 Å². The van der Waals surface area contributed by atoms with E-state index in [1.807, 2.05) is 0 Å². The number of aromatic nitrogens is 2. The first-order chi connectivity index (χ1) is 7.68. The number of hydrogen-bond donors (Lipinski definition) is 1. The average molecular weight is 216 g/mol. The number of nitrogens with zero attached hydrogens (tertiary/aromatic N) is 3. The summed E-state index contributed by atoms with van der Waals surface area (Å²) in [5.41, 5.74) is 6.88. The molecule has 2 N–H and O–H groups in total. The number of nitrogen functional groups attached to an aromatic ring is 1. The molecule has 6 nitrogen and oxygen atoms in total. The number of nitrogens with two attached hydrogens (primary N) is 1. The summed E-state index contributed by atoms with van der Waals surface area (Å²) in [6, 6.07) is 4.84. The lowest BCUT2D eigenvalue weighted by Crippen LogP contribution is -1.97. The number of rotatable bonds is 2. The van der Waals surface area contributed by atoms with Crippen LogP contribution in [0.15, 0.2) is 36.8 Å². The van der Waals surface area contributed by atoms with Gasteiger partial charge in [0.05, 0.1) is 4.92 Å². The van der Waals surface area contributed by atoms with Crippen LogP contribution >= 0.6 is 0 Å². The van der Waals surface area contributed by atoms with Gasteiger partial charge in [-0.2, -0.15) is 0 Å². The number of nitro groups is 1. The Hall–Kier alpha value is -2.50. The molecule has 0 amide bonds. The Morgan fingerprint density at radius 3 is 2.62 bits per heavy atom. The summed E-state index contributed by atoms with van der Waals surface area (Å²) in [6.07, 6.45) is 4.32. The van der Waals surface area contributed by atoms with E-state index in [9.17, 15) is 10.1 Å². The van der Waals surface area contributed by atoms with Gasteiger partial charge in [-0.15, -0.1) is 0 Å². The van der Waals surface area contributed by atoms with Crippen molar-refractivity contribution in [1.29, 1.82) is 0 Å². The zero-order valence-electron chi connectivity index (χ0n) is 8.20. The largest absolute Gasteiger partial charge is 0.383 e. The van der Waals surface area contributed by atoms with E-state index < -0.39 is 4.92 Å². The van der Waals surface area contributed by atoms with Gasteiger partial charge < -0.3 is 5.73 Å². The second-order valence-electron chi connectivity index (χ2n) is 3.12. The summed E-state index contributed by atoms with van der Waals surface area (Å²) >= 11 is 0. The monoisotopic (exact) mass is 216 g/mol. The fourth-order valence-corrected chi connectivity index (χ4v) is 1.33. The first-order valence-electron chi connectivity index (χ1n) is 4.49. The van der Waals surface area contributed by atoms with Crippen molar-refractivity contribution >= 4 is 11.5 Å². The molecule has 0 aliphatic carbocycles. The lowest BCUT2D eigenvalue weighted by Gasteiger charge is -2.03. The van der Waals surface area contributed by atoms with Gasteiger partial charge in [-0.1, -0.05) is 0 Å². The van der Waals surface area contributed by atoms with E-state index in [4.69, 9.17) is 5.73 Å². The molecule has 0 saturated heterocycles. The van der Waals surface area contributed by atoms with Gasteiger partial charge >= 0.3 is 0 Å². The minimum absolute atomic E-state index is 0.0824. The summed E-state index contributed by atoms with van der Waals surface area (Å²) in [4.78, 5) is 17.8.